The average Bonchev–Trinajstić information content (AvgIpc) is 2.42. The van der Waals surface area contributed by atoms with Crippen LogP contribution in [0.25, 0.3) is 0 Å². The van der Waals surface area contributed by atoms with Crippen molar-refractivity contribution < 1.29 is 13.2 Å². The van der Waals surface area contributed by atoms with E-state index >= 15 is 0 Å². The highest BCUT2D eigenvalue weighted by molar-refractivity contribution is 4.83. The van der Waals surface area contributed by atoms with E-state index in [4.69, 9.17) is 5.26 Å². The van der Waals surface area contributed by atoms with Gasteiger partial charge in [0.1, 0.15) is 0 Å². The van der Waals surface area contributed by atoms with Gasteiger partial charge in [0.15, 0.2) is 0 Å². The summed E-state index contributed by atoms with van der Waals surface area (Å²) in [5.74, 6) is 1.23. The van der Waals surface area contributed by atoms with Crippen LogP contribution in [-0.4, -0.2) is 55.2 Å². The van der Waals surface area contributed by atoms with Crippen molar-refractivity contribution in [3.05, 3.63) is 0 Å². The molecule has 0 unspecified atom stereocenters. The van der Waals surface area contributed by atoms with Crippen LogP contribution in [0.5, 0.6) is 0 Å². The van der Waals surface area contributed by atoms with E-state index in [-0.39, 0.29) is 0 Å². The highest BCUT2D eigenvalue weighted by Crippen LogP contribution is 2.31. The van der Waals surface area contributed by atoms with Crippen LogP contribution in [-0.2, 0) is 0 Å². The van der Waals surface area contributed by atoms with E-state index in [1.165, 1.54) is 4.90 Å². The van der Waals surface area contributed by atoms with Gasteiger partial charge in [-0.25, -0.2) is 0 Å². The molecule has 0 amide bonds. The summed E-state index contributed by atoms with van der Waals surface area (Å²) < 4.78 is 37.0. The SMILES string of the molecule is N#CCC1CCC(CN2CCN(CC(F)(F)F)CC2)CC1. The number of alkyl halides is 3. The largest absolute Gasteiger partial charge is 0.401 e. The Balaban J connectivity index is 1.64. The minimum absolute atomic E-state index is 0.517. The van der Waals surface area contributed by atoms with E-state index < -0.39 is 12.7 Å². The first-order chi connectivity index (χ1) is 9.96. The second-order valence-corrected chi connectivity index (χ2v) is 6.44. The lowest BCUT2D eigenvalue weighted by molar-refractivity contribution is -0.149. The van der Waals surface area contributed by atoms with Crippen LogP contribution in [0.15, 0.2) is 0 Å². The van der Waals surface area contributed by atoms with Gasteiger partial charge in [0, 0.05) is 39.1 Å². The number of piperazine rings is 1. The molecule has 0 aromatic heterocycles. The molecule has 1 aliphatic carbocycles. The molecule has 0 aromatic carbocycles. The second kappa shape index (κ2) is 7.46. The van der Waals surface area contributed by atoms with Crippen molar-refractivity contribution in [3.8, 4) is 6.07 Å². The maximum Gasteiger partial charge on any atom is 0.401 e. The fourth-order valence-electron chi connectivity index (χ4n) is 3.50. The van der Waals surface area contributed by atoms with Gasteiger partial charge in [0.25, 0.3) is 0 Å². The Morgan fingerprint density at radius 1 is 0.905 bits per heavy atom. The van der Waals surface area contributed by atoms with Crippen molar-refractivity contribution in [1.29, 1.82) is 5.26 Å². The molecule has 0 spiro atoms. The molecule has 0 atom stereocenters. The molecule has 3 nitrogen and oxygen atoms in total. The summed E-state index contributed by atoms with van der Waals surface area (Å²) in [7, 11) is 0. The molecule has 1 aliphatic heterocycles. The molecule has 2 rings (SSSR count). The number of nitrogens with zero attached hydrogens (tertiary/aromatic N) is 3. The molecule has 0 N–H and O–H groups in total. The Bertz CT molecular complexity index is 348. The minimum atomic E-state index is -4.08. The second-order valence-electron chi connectivity index (χ2n) is 6.44. The fourth-order valence-corrected chi connectivity index (χ4v) is 3.50. The molecule has 0 aromatic rings. The van der Waals surface area contributed by atoms with Crippen LogP contribution >= 0.6 is 0 Å². The highest BCUT2D eigenvalue weighted by atomic mass is 19.4. The first-order valence-electron chi connectivity index (χ1n) is 7.84. The van der Waals surface area contributed by atoms with E-state index in [0.29, 0.717) is 31.3 Å². The van der Waals surface area contributed by atoms with Crippen molar-refractivity contribution in [1.82, 2.24) is 9.80 Å². The topological polar surface area (TPSA) is 30.3 Å². The normalized spacial score (nSPS) is 29.2. The zero-order chi connectivity index (χ0) is 15.3. The van der Waals surface area contributed by atoms with Crippen LogP contribution < -0.4 is 0 Å². The summed E-state index contributed by atoms with van der Waals surface area (Å²) in [6, 6.07) is 2.25. The highest BCUT2D eigenvalue weighted by Gasteiger charge is 2.32. The van der Waals surface area contributed by atoms with Crippen molar-refractivity contribution in [3.63, 3.8) is 0 Å². The maximum absolute atomic E-state index is 12.3. The monoisotopic (exact) mass is 303 g/mol. The van der Waals surface area contributed by atoms with E-state index in [1.54, 1.807) is 0 Å². The zero-order valence-electron chi connectivity index (χ0n) is 12.4. The quantitative estimate of drug-likeness (QED) is 0.800. The van der Waals surface area contributed by atoms with Gasteiger partial charge >= 0.3 is 6.18 Å². The summed E-state index contributed by atoms with van der Waals surface area (Å²) in [6.45, 7) is 2.76. The van der Waals surface area contributed by atoms with Gasteiger partial charge in [0.2, 0.25) is 0 Å². The van der Waals surface area contributed by atoms with E-state index in [2.05, 4.69) is 11.0 Å². The van der Waals surface area contributed by atoms with E-state index in [9.17, 15) is 13.2 Å². The lowest BCUT2D eigenvalue weighted by Crippen LogP contribution is -2.50. The van der Waals surface area contributed by atoms with Crippen molar-refractivity contribution in [2.24, 2.45) is 11.8 Å². The van der Waals surface area contributed by atoms with Gasteiger partial charge in [-0.1, -0.05) is 0 Å². The molecule has 2 aliphatic rings. The van der Waals surface area contributed by atoms with Gasteiger partial charge in [-0.15, -0.1) is 0 Å². The molecular formula is C15H24F3N3. The number of rotatable bonds is 4. The third-order valence-electron chi connectivity index (χ3n) is 4.73. The first kappa shape index (κ1) is 16.6. The number of halogens is 3. The lowest BCUT2D eigenvalue weighted by atomic mass is 9.80. The van der Waals surface area contributed by atoms with Crippen molar-refractivity contribution in [2.75, 3.05) is 39.3 Å². The zero-order valence-corrected chi connectivity index (χ0v) is 12.4. The van der Waals surface area contributed by atoms with Gasteiger partial charge in [-0.3, -0.25) is 4.90 Å². The molecule has 0 radical (unpaired) electrons. The molecule has 1 heterocycles. The predicted octanol–water partition coefficient (Wildman–Crippen LogP) is 2.89. The van der Waals surface area contributed by atoms with E-state index in [0.717, 1.165) is 45.3 Å². The van der Waals surface area contributed by atoms with Gasteiger partial charge < -0.3 is 4.90 Å². The summed E-state index contributed by atoms with van der Waals surface area (Å²) in [4.78, 5) is 3.81. The predicted molar refractivity (Wildman–Crippen MR) is 74.6 cm³/mol. The van der Waals surface area contributed by atoms with Crippen LogP contribution in [0.3, 0.4) is 0 Å². The smallest absolute Gasteiger partial charge is 0.301 e. The fraction of sp³-hybridized carbons (Fsp3) is 0.933. The molecule has 1 saturated heterocycles. The molecule has 1 saturated carbocycles. The van der Waals surface area contributed by atoms with Gasteiger partial charge in [0.05, 0.1) is 12.6 Å². The molecule has 21 heavy (non-hydrogen) atoms. The van der Waals surface area contributed by atoms with Crippen LogP contribution in [0, 0.1) is 23.2 Å². The Morgan fingerprint density at radius 3 is 1.95 bits per heavy atom. The van der Waals surface area contributed by atoms with Crippen LogP contribution in [0.1, 0.15) is 32.1 Å². The summed E-state index contributed by atoms with van der Waals surface area (Å²) in [5.41, 5.74) is 0. The third kappa shape index (κ3) is 5.84. The molecule has 2 fully saturated rings. The van der Waals surface area contributed by atoms with Crippen molar-refractivity contribution >= 4 is 0 Å². The van der Waals surface area contributed by atoms with Gasteiger partial charge in [-0.05, 0) is 37.5 Å². The van der Waals surface area contributed by atoms with Crippen LogP contribution in [0.4, 0.5) is 13.2 Å². The number of nitriles is 1. The Labute approximate surface area is 124 Å². The molecule has 6 heteroatoms. The number of hydrogen-bond donors (Lipinski definition) is 0. The third-order valence-corrected chi connectivity index (χ3v) is 4.73. The first-order valence-corrected chi connectivity index (χ1v) is 7.84. The Morgan fingerprint density at radius 2 is 1.43 bits per heavy atom. The summed E-state index contributed by atoms with van der Waals surface area (Å²) in [6.07, 6.45) is 1.17. The summed E-state index contributed by atoms with van der Waals surface area (Å²) >= 11 is 0. The molecular weight excluding hydrogens is 279 g/mol. The van der Waals surface area contributed by atoms with E-state index in [1.807, 2.05) is 0 Å². The Kier molecular flexibility index (Phi) is 5.88. The molecule has 120 valence electrons. The minimum Gasteiger partial charge on any atom is -0.301 e. The standard InChI is InChI=1S/C15H24F3N3/c16-15(17,18)12-21-9-7-20(8-10-21)11-14-3-1-13(2-4-14)5-6-19/h13-14H,1-5,7-12H2. The van der Waals surface area contributed by atoms with Crippen molar-refractivity contribution in [2.45, 2.75) is 38.3 Å². The lowest BCUT2D eigenvalue weighted by Gasteiger charge is -2.38. The average molecular weight is 303 g/mol. The Hall–Kier alpha value is -0.800. The van der Waals surface area contributed by atoms with Crippen LogP contribution in [0.2, 0.25) is 0 Å². The van der Waals surface area contributed by atoms with Gasteiger partial charge in [-0.2, -0.15) is 18.4 Å². The summed E-state index contributed by atoms with van der Waals surface area (Å²) in [5, 5.41) is 8.71. The number of hydrogen-bond acceptors (Lipinski definition) is 3. The maximum atomic E-state index is 12.3. The molecule has 0 bridgehead atoms.